The molecule has 46 heavy (non-hydrogen) atoms. The van der Waals surface area contributed by atoms with Gasteiger partial charge in [0, 0.05) is 24.1 Å². The molecule has 5 unspecified atom stereocenters. The number of carbonyl (C=O) groups is 4. The Morgan fingerprint density at radius 1 is 1.00 bits per heavy atom. The quantitative estimate of drug-likeness (QED) is 0.256. The number of aromatic hydroxyl groups is 1. The zero-order chi connectivity index (χ0) is 33.0. The first-order valence-corrected chi connectivity index (χ1v) is 14.6. The van der Waals surface area contributed by atoms with E-state index >= 15 is 0 Å². The summed E-state index contributed by atoms with van der Waals surface area (Å²) < 4.78 is 11.7. The molecule has 0 saturated carbocycles. The highest BCUT2D eigenvalue weighted by Crippen LogP contribution is 2.50. The fourth-order valence-corrected chi connectivity index (χ4v) is 6.50. The molecule has 12 nitrogen and oxygen atoms in total. The lowest BCUT2D eigenvalue weighted by Crippen LogP contribution is -2.48. The molecule has 0 spiro atoms. The number of hydrogen-bond donors (Lipinski definition) is 5. The van der Waals surface area contributed by atoms with Gasteiger partial charge in [0.05, 0.1) is 47.1 Å². The third-order valence-electron chi connectivity index (χ3n) is 8.57. The Morgan fingerprint density at radius 3 is 2.43 bits per heavy atom. The zero-order valence-corrected chi connectivity index (χ0v) is 24.8. The normalized spacial score (nSPS) is 23.8. The summed E-state index contributed by atoms with van der Waals surface area (Å²) in [5.41, 5.74) is 1.01. The molecule has 5 atom stereocenters. The summed E-state index contributed by atoms with van der Waals surface area (Å²) in [5.74, 6) is -3.98. The van der Waals surface area contributed by atoms with Gasteiger partial charge < -0.3 is 39.9 Å². The molecule has 0 bridgehead atoms. The van der Waals surface area contributed by atoms with E-state index in [0.29, 0.717) is 16.7 Å². The lowest BCUT2D eigenvalue weighted by Gasteiger charge is -2.42. The standard InChI is InChI=1S/C34H31NO11/c1-15-9-20-21(12-25(38)39)35(14-17-5-3-6-18(11-17)34(43)44)30-29(27(20)22(36)10-15)32(41)19-7-4-8-24(28(19)33(30)42)46-26-13-23(37)31(40)16(2)45-26/h3-11,16,21,23,26,31,36-37,40H,12-14H2,1-2H3,(H,38,39)(H,43,44). The number of fused-ring (bicyclic) bond motifs is 3. The Morgan fingerprint density at radius 2 is 1.74 bits per heavy atom. The van der Waals surface area contributed by atoms with Crippen LogP contribution >= 0.6 is 0 Å². The second-order valence-electron chi connectivity index (χ2n) is 11.7. The van der Waals surface area contributed by atoms with E-state index in [-0.39, 0.29) is 58.0 Å². The van der Waals surface area contributed by atoms with E-state index in [9.17, 15) is 44.7 Å². The third kappa shape index (κ3) is 5.30. The summed E-state index contributed by atoms with van der Waals surface area (Å²) in [6.07, 6.45) is -4.76. The SMILES string of the molecule is Cc1cc(O)c2c(c1)C(CC(=O)O)N(Cc1cccc(C(=O)O)c1)C1=C2C(=O)c2cccc(OC3CC(O)C(O)C(C)O3)c2C1=O. The number of phenols is 1. The predicted octanol–water partition coefficient (Wildman–Crippen LogP) is 3.46. The molecule has 1 aliphatic carbocycles. The molecule has 238 valence electrons. The number of allylic oxidation sites excluding steroid dienone is 2. The van der Waals surface area contributed by atoms with Gasteiger partial charge in [0.1, 0.15) is 17.6 Å². The number of benzene rings is 3. The number of Topliss-reactive ketones (excluding diaryl/α,β-unsaturated/α-hetero) is 2. The van der Waals surface area contributed by atoms with E-state index < -0.39 is 60.6 Å². The highest BCUT2D eigenvalue weighted by Gasteiger charge is 2.46. The number of aliphatic hydroxyl groups is 2. The lowest BCUT2D eigenvalue weighted by atomic mass is 9.76. The van der Waals surface area contributed by atoms with Gasteiger partial charge in [-0.2, -0.15) is 0 Å². The molecule has 2 aliphatic heterocycles. The van der Waals surface area contributed by atoms with Crippen LogP contribution in [0.2, 0.25) is 0 Å². The first-order chi connectivity index (χ1) is 21.8. The Balaban J connectivity index is 1.53. The van der Waals surface area contributed by atoms with Crippen LogP contribution in [-0.2, 0) is 16.1 Å². The van der Waals surface area contributed by atoms with Crippen molar-refractivity contribution < 1.29 is 54.2 Å². The monoisotopic (exact) mass is 629 g/mol. The average Bonchev–Trinajstić information content (AvgIpc) is 2.99. The molecular formula is C34H31NO11. The fourth-order valence-electron chi connectivity index (χ4n) is 6.50. The number of rotatable bonds is 7. The number of nitrogens with zero attached hydrogens (tertiary/aromatic N) is 1. The van der Waals surface area contributed by atoms with E-state index in [1.54, 1.807) is 26.0 Å². The van der Waals surface area contributed by atoms with Gasteiger partial charge in [-0.25, -0.2) is 4.79 Å². The first-order valence-electron chi connectivity index (χ1n) is 14.6. The summed E-state index contributed by atoms with van der Waals surface area (Å²) in [6.45, 7) is 3.12. The number of hydrogen-bond acceptors (Lipinski definition) is 10. The van der Waals surface area contributed by atoms with Crippen molar-refractivity contribution in [1.82, 2.24) is 4.90 Å². The van der Waals surface area contributed by atoms with Crippen LogP contribution in [0.3, 0.4) is 0 Å². The third-order valence-corrected chi connectivity index (χ3v) is 8.57. The Kier molecular flexibility index (Phi) is 7.88. The van der Waals surface area contributed by atoms with Crippen molar-refractivity contribution in [3.8, 4) is 11.5 Å². The number of carboxylic acid groups (broad SMARTS) is 2. The van der Waals surface area contributed by atoms with Crippen LogP contribution in [0.4, 0.5) is 0 Å². The Bertz CT molecular complexity index is 1820. The van der Waals surface area contributed by atoms with Crippen molar-refractivity contribution in [2.45, 2.75) is 63.9 Å². The number of aryl methyl sites for hydroxylation is 1. The summed E-state index contributed by atoms with van der Waals surface area (Å²) in [6, 6.07) is 12.5. The van der Waals surface area contributed by atoms with E-state index in [2.05, 4.69) is 0 Å². The largest absolute Gasteiger partial charge is 0.507 e. The number of phenolic OH excluding ortho intramolecular Hbond substituents is 1. The maximum atomic E-state index is 14.6. The minimum absolute atomic E-state index is 0.0128. The molecule has 2 heterocycles. The van der Waals surface area contributed by atoms with Gasteiger partial charge in [0.25, 0.3) is 0 Å². The van der Waals surface area contributed by atoms with Crippen LogP contribution in [0.25, 0.3) is 5.57 Å². The predicted molar refractivity (Wildman–Crippen MR) is 160 cm³/mol. The molecule has 3 aromatic carbocycles. The fraction of sp³-hybridized carbons (Fsp3) is 0.294. The van der Waals surface area contributed by atoms with E-state index in [1.807, 2.05) is 0 Å². The molecule has 1 saturated heterocycles. The van der Waals surface area contributed by atoms with E-state index in [1.165, 1.54) is 47.4 Å². The summed E-state index contributed by atoms with van der Waals surface area (Å²) >= 11 is 0. The van der Waals surface area contributed by atoms with Gasteiger partial charge in [0.2, 0.25) is 12.1 Å². The Labute approximate surface area is 262 Å². The van der Waals surface area contributed by atoms with Gasteiger partial charge in [-0.15, -0.1) is 0 Å². The average molecular weight is 630 g/mol. The molecule has 0 radical (unpaired) electrons. The van der Waals surface area contributed by atoms with Crippen LogP contribution in [0.1, 0.15) is 79.1 Å². The number of ether oxygens (including phenoxy) is 2. The summed E-state index contributed by atoms with van der Waals surface area (Å²) in [7, 11) is 0. The smallest absolute Gasteiger partial charge is 0.335 e. The maximum absolute atomic E-state index is 14.6. The van der Waals surface area contributed by atoms with Crippen molar-refractivity contribution in [2.24, 2.45) is 0 Å². The van der Waals surface area contributed by atoms with Crippen LogP contribution in [0.15, 0.2) is 60.3 Å². The van der Waals surface area contributed by atoms with E-state index in [0.717, 1.165) is 0 Å². The molecule has 0 aromatic heterocycles. The minimum Gasteiger partial charge on any atom is -0.507 e. The number of carboxylic acids is 2. The van der Waals surface area contributed by atoms with Gasteiger partial charge in [-0.3, -0.25) is 14.4 Å². The minimum atomic E-state index is -1.20. The number of carbonyl (C=O) groups excluding carboxylic acids is 2. The molecule has 12 heteroatoms. The molecular weight excluding hydrogens is 598 g/mol. The van der Waals surface area contributed by atoms with Crippen molar-refractivity contribution in [3.05, 3.63) is 99.2 Å². The number of aliphatic carboxylic acids is 1. The van der Waals surface area contributed by atoms with Crippen molar-refractivity contribution in [1.29, 1.82) is 0 Å². The van der Waals surface area contributed by atoms with Crippen LogP contribution in [0.5, 0.6) is 11.5 Å². The molecule has 3 aromatic rings. The molecule has 0 amide bonds. The van der Waals surface area contributed by atoms with Gasteiger partial charge in [-0.05, 0) is 54.8 Å². The second kappa shape index (κ2) is 11.7. The summed E-state index contributed by atoms with van der Waals surface area (Å²) in [4.78, 5) is 54.5. The van der Waals surface area contributed by atoms with Crippen molar-refractivity contribution in [3.63, 3.8) is 0 Å². The summed E-state index contributed by atoms with van der Waals surface area (Å²) in [5, 5.41) is 51.1. The highest BCUT2D eigenvalue weighted by atomic mass is 16.7. The molecule has 5 N–H and O–H groups in total. The molecule has 1 fully saturated rings. The van der Waals surface area contributed by atoms with Gasteiger partial charge >= 0.3 is 11.9 Å². The van der Waals surface area contributed by atoms with Crippen LogP contribution in [-0.4, -0.2) is 78.5 Å². The molecule has 6 rings (SSSR count). The zero-order valence-electron chi connectivity index (χ0n) is 24.8. The first kappa shape index (κ1) is 31.0. The molecule has 3 aliphatic rings. The van der Waals surface area contributed by atoms with Crippen molar-refractivity contribution in [2.75, 3.05) is 0 Å². The van der Waals surface area contributed by atoms with Crippen LogP contribution in [0, 0.1) is 6.92 Å². The van der Waals surface area contributed by atoms with Gasteiger partial charge in [-0.1, -0.05) is 30.3 Å². The van der Waals surface area contributed by atoms with Crippen molar-refractivity contribution >= 4 is 29.1 Å². The Hall–Kier alpha value is -5.04. The lowest BCUT2D eigenvalue weighted by molar-refractivity contribution is -0.216. The number of ketones is 2. The number of aromatic carboxylic acids is 1. The van der Waals surface area contributed by atoms with Gasteiger partial charge in [0.15, 0.2) is 5.78 Å². The number of aliphatic hydroxyl groups excluding tert-OH is 2. The highest BCUT2D eigenvalue weighted by molar-refractivity contribution is 6.41. The van der Waals surface area contributed by atoms with E-state index in [4.69, 9.17) is 9.47 Å². The topological polar surface area (TPSA) is 191 Å². The maximum Gasteiger partial charge on any atom is 0.335 e. The van der Waals surface area contributed by atoms with Crippen LogP contribution < -0.4 is 4.74 Å². The second-order valence-corrected chi connectivity index (χ2v) is 11.7.